The first-order chi connectivity index (χ1) is 12.5. The highest BCUT2D eigenvalue weighted by Gasteiger charge is 2.21. The molecule has 3 rings (SSSR count). The van der Waals surface area contributed by atoms with Crippen molar-refractivity contribution in [2.24, 2.45) is 0 Å². The number of anilines is 2. The Morgan fingerprint density at radius 3 is 2.62 bits per heavy atom. The molecule has 0 saturated carbocycles. The third-order valence-electron chi connectivity index (χ3n) is 3.68. The SMILES string of the molecule is CCOc1ccc(Br)cc1S(=O)(=O)Nc1cnc(N2CCOCC2)nc1. The van der Waals surface area contributed by atoms with Crippen LogP contribution in [0.2, 0.25) is 0 Å². The molecule has 10 heteroatoms. The number of nitrogens with zero attached hydrogens (tertiary/aromatic N) is 3. The van der Waals surface area contributed by atoms with Crippen molar-refractivity contribution in [1.29, 1.82) is 0 Å². The van der Waals surface area contributed by atoms with E-state index in [9.17, 15) is 8.42 Å². The number of hydrogen-bond acceptors (Lipinski definition) is 7. The van der Waals surface area contributed by atoms with E-state index in [4.69, 9.17) is 9.47 Å². The van der Waals surface area contributed by atoms with Crippen molar-refractivity contribution in [2.75, 3.05) is 42.5 Å². The van der Waals surface area contributed by atoms with E-state index in [2.05, 4.69) is 30.6 Å². The molecule has 1 N–H and O–H groups in total. The van der Waals surface area contributed by atoms with Gasteiger partial charge in [-0.1, -0.05) is 15.9 Å². The van der Waals surface area contributed by atoms with E-state index in [1.165, 1.54) is 18.5 Å². The van der Waals surface area contributed by atoms with Crippen LogP contribution < -0.4 is 14.4 Å². The molecule has 0 bridgehead atoms. The van der Waals surface area contributed by atoms with Gasteiger partial charge >= 0.3 is 0 Å². The zero-order valence-electron chi connectivity index (χ0n) is 14.2. The second-order valence-electron chi connectivity index (χ2n) is 5.50. The minimum Gasteiger partial charge on any atom is -0.492 e. The van der Waals surface area contributed by atoms with Gasteiger partial charge in [0.2, 0.25) is 5.95 Å². The Labute approximate surface area is 160 Å². The first-order valence-electron chi connectivity index (χ1n) is 8.09. The van der Waals surface area contributed by atoms with Gasteiger partial charge in [0.1, 0.15) is 10.6 Å². The predicted molar refractivity (Wildman–Crippen MR) is 101 cm³/mol. The fourth-order valence-corrected chi connectivity index (χ4v) is 4.19. The highest BCUT2D eigenvalue weighted by Crippen LogP contribution is 2.29. The monoisotopic (exact) mass is 442 g/mol. The molecule has 0 atom stereocenters. The number of morpholine rings is 1. The lowest BCUT2D eigenvalue weighted by molar-refractivity contribution is 0.122. The van der Waals surface area contributed by atoms with Gasteiger partial charge in [0.05, 0.1) is 37.9 Å². The smallest absolute Gasteiger partial charge is 0.265 e. The van der Waals surface area contributed by atoms with Gasteiger partial charge in [0, 0.05) is 17.6 Å². The molecular weight excluding hydrogens is 424 g/mol. The average Bonchev–Trinajstić information content (AvgIpc) is 2.64. The standard InChI is InChI=1S/C16H19BrN4O4S/c1-2-25-14-4-3-12(17)9-15(14)26(22,23)20-13-10-18-16(19-11-13)21-5-7-24-8-6-21/h3-4,9-11,20H,2,5-8H2,1H3. The van der Waals surface area contributed by atoms with Gasteiger partial charge in [0.15, 0.2) is 0 Å². The van der Waals surface area contributed by atoms with Gasteiger partial charge < -0.3 is 14.4 Å². The van der Waals surface area contributed by atoms with Crippen LogP contribution in [0.3, 0.4) is 0 Å². The lowest BCUT2D eigenvalue weighted by atomic mass is 10.3. The number of sulfonamides is 1. The Kier molecular flexibility index (Phi) is 5.94. The van der Waals surface area contributed by atoms with E-state index >= 15 is 0 Å². The first kappa shape index (κ1) is 18.9. The summed E-state index contributed by atoms with van der Waals surface area (Å²) < 4.78 is 39.3. The van der Waals surface area contributed by atoms with E-state index in [1.807, 2.05) is 4.90 Å². The number of ether oxygens (including phenoxy) is 2. The molecule has 1 aliphatic heterocycles. The number of rotatable bonds is 6. The van der Waals surface area contributed by atoms with Gasteiger partial charge in [-0.05, 0) is 25.1 Å². The number of nitrogens with one attached hydrogen (secondary N) is 1. The van der Waals surface area contributed by atoms with Gasteiger partial charge in [-0.15, -0.1) is 0 Å². The molecule has 1 aromatic heterocycles. The molecule has 1 fully saturated rings. The third kappa shape index (κ3) is 4.43. The third-order valence-corrected chi connectivity index (χ3v) is 5.58. The minimum absolute atomic E-state index is 0.0472. The maximum Gasteiger partial charge on any atom is 0.265 e. The Hall–Kier alpha value is -1.91. The molecule has 26 heavy (non-hydrogen) atoms. The molecule has 0 aliphatic carbocycles. The van der Waals surface area contributed by atoms with Crippen LogP contribution in [0.4, 0.5) is 11.6 Å². The van der Waals surface area contributed by atoms with Gasteiger partial charge in [-0.2, -0.15) is 0 Å². The summed E-state index contributed by atoms with van der Waals surface area (Å²) in [6, 6.07) is 4.83. The predicted octanol–water partition coefficient (Wildman–Crippen LogP) is 2.28. The fourth-order valence-electron chi connectivity index (χ4n) is 2.48. The highest BCUT2D eigenvalue weighted by molar-refractivity contribution is 9.10. The molecular formula is C16H19BrN4O4S. The molecule has 0 spiro atoms. The van der Waals surface area contributed by atoms with Crippen LogP contribution in [-0.2, 0) is 14.8 Å². The molecule has 1 aliphatic rings. The van der Waals surface area contributed by atoms with Crippen LogP contribution in [0, 0.1) is 0 Å². The van der Waals surface area contributed by atoms with Crippen LogP contribution in [-0.4, -0.2) is 51.3 Å². The summed E-state index contributed by atoms with van der Waals surface area (Å²) in [7, 11) is -3.84. The quantitative estimate of drug-likeness (QED) is 0.732. The lowest BCUT2D eigenvalue weighted by Crippen LogP contribution is -2.37. The maximum atomic E-state index is 12.7. The zero-order chi connectivity index (χ0) is 18.6. The van der Waals surface area contributed by atoms with Crippen molar-refractivity contribution in [3.63, 3.8) is 0 Å². The fraction of sp³-hybridized carbons (Fsp3) is 0.375. The summed E-state index contributed by atoms with van der Waals surface area (Å²) in [5.74, 6) is 0.836. The van der Waals surface area contributed by atoms with E-state index in [0.29, 0.717) is 43.3 Å². The summed E-state index contributed by atoms with van der Waals surface area (Å²) in [6.45, 7) is 4.83. The van der Waals surface area contributed by atoms with E-state index < -0.39 is 10.0 Å². The lowest BCUT2D eigenvalue weighted by Gasteiger charge is -2.26. The van der Waals surface area contributed by atoms with Crippen molar-refractivity contribution < 1.29 is 17.9 Å². The molecule has 1 saturated heterocycles. The highest BCUT2D eigenvalue weighted by atomic mass is 79.9. The molecule has 2 aromatic rings. The first-order valence-corrected chi connectivity index (χ1v) is 10.4. The average molecular weight is 443 g/mol. The van der Waals surface area contributed by atoms with Crippen LogP contribution in [0.15, 0.2) is 40.0 Å². The van der Waals surface area contributed by atoms with Gasteiger partial charge in [0.25, 0.3) is 10.0 Å². The summed E-state index contributed by atoms with van der Waals surface area (Å²) in [6.07, 6.45) is 2.90. The second-order valence-corrected chi connectivity index (χ2v) is 8.07. The topological polar surface area (TPSA) is 93.7 Å². The number of aromatic nitrogens is 2. The number of benzene rings is 1. The van der Waals surface area contributed by atoms with Crippen molar-refractivity contribution in [3.05, 3.63) is 35.1 Å². The molecule has 2 heterocycles. The summed E-state index contributed by atoms with van der Waals surface area (Å²) in [5.41, 5.74) is 0.282. The van der Waals surface area contributed by atoms with Crippen molar-refractivity contribution in [2.45, 2.75) is 11.8 Å². The Morgan fingerprint density at radius 1 is 1.27 bits per heavy atom. The number of halogens is 1. The Balaban J connectivity index is 1.80. The number of hydrogen-bond donors (Lipinski definition) is 1. The van der Waals surface area contributed by atoms with Crippen LogP contribution in [0.1, 0.15) is 6.92 Å². The Bertz CT molecular complexity index is 855. The van der Waals surface area contributed by atoms with E-state index in [0.717, 1.165) is 0 Å². The van der Waals surface area contributed by atoms with E-state index in [-0.39, 0.29) is 16.3 Å². The van der Waals surface area contributed by atoms with Crippen LogP contribution in [0.5, 0.6) is 5.75 Å². The maximum absolute atomic E-state index is 12.7. The molecule has 1 aromatic carbocycles. The van der Waals surface area contributed by atoms with Gasteiger partial charge in [-0.25, -0.2) is 18.4 Å². The summed E-state index contributed by atoms with van der Waals surface area (Å²) in [4.78, 5) is 10.5. The summed E-state index contributed by atoms with van der Waals surface area (Å²) >= 11 is 3.29. The Morgan fingerprint density at radius 2 is 1.96 bits per heavy atom. The molecule has 0 amide bonds. The normalized spacial score (nSPS) is 14.9. The zero-order valence-corrected chi connectivity index (χ0v) is 16.6. The second kappa shape index (κ2) is 8.19. The van der Waals surface area contributed by atoms with Crippen LogP contribution >= 0.6 is 15.9 Å². The molecule has 140 valence electrons. The molecule has 8 nitrogen and oxygen atoms in total. The van der Waals surface area contributed by atoms with Crippen molar-refractivity contribution in [1.82, 2.24) is 9.97 Å². The van der Waals surface area contributed by atoms with Gasteiger partial charge in [-0.3, -0.25) is 4.72 Å². The minimum atomic E-state index is -3.84. The van der Waals surface area contributed by atoms with E-state index in [1.54, 1.807) is 19.1 Å². The largest absolute Gasteiger partial charge is 0.492 e. The van der Waals surface area contributed by atoms with Crippen LogP contribution in [0.25, 0.3) is 0 Å². The molecule has 0 radical (unpaired) electrons. The molecule has 0 unspecified atom stereocenters. The van der Waals surface area contributed by atoms with Crippen molar-refractivity contribution >= 4 is 37.6 Å². The summed E-state index contributed by atoms with van der Waals surface area (Å²) in [5, 5.41) is 0. The van der Waals surface area contributed by atoms with Crippen molar-refractivity contribution in [3.8, 4) is 5.75 Å².